The van der Waals surface area contributed by atoms with E-state index in [1.54, 1.807) is 13.8 Å². The van der Waals surface area contributed by atoms with Crippen molar-refractivity contribution in [2.45, 2.75) is 32.3 Å². The van der Waals surface area contributed by atoms with Crippen LogP contribution in [0.1, 0.15) is 25.8 Å². The summed E-state index contributed by atoms with van der Waals surface area (Å²) in [6.45, 7) is 3.28. The van der Waals surface area contributed by atoms with E-state index in [-0.39, 0.29) is 39.3 Å². The van der Waals surface area contributed by atoms with Crippen LogP contribution in [-0.4, -0.2) is 31.1 Å². The number of hydrogen-bond donors (Lipinski definition) is 5. The van der Waals surface area contributed by atoms with Gasteiger partial charge in [-0.15, -0.1) is 0 Å². The second-order valence-electron chi connectivity index (χ2n) is 7.13. The van der Waals surface area contributed by atoms with Crippen LogP contribution in [0.25, 0.3) is 22.1 Å². The highest BCUT2D eigenvalue weighted by Crippen LogP contribution is 2.36. The minimum atomic E-state index is -0.944. The molecule has 0 saturated carbocycles. The molecular formula is C20H20O7. The fraction of sp³-hybridized carbons (Fsp3) is 0.250. The Labute approximate surface area is 154 Å². The average molecular weight is 372 g/mol. The lowest BCUT2D eigenvalue weighted by molar-refractivity contribution is 0.0712. The molecule has 7 nitrogen and oxygen atoms in total. The fourth-order valence-electron chi connectivity index (χ4n) is 2.88. The van der Waals surface area contributed by atoms with Crippen LogP contribution in [0.15, 0.2) is 39.7 Å². The van der Waals surface area contributed by atoms with Crippen LogP contribution in [-0.2, 0) is 6.42 Å². The maximum absolute atomic E-state index is 12.8. The van der Waals surface area contributed by atoms with E-state index in [1.165, 1.54) is 12.1 Å². The minimum absolute atomic E-state index is 0.00164. The summed E-state index contributed by atoms with van der Waals surface area (Å²) in [6, 6.07) is 4.79. The Kier molecular flexibility index (Phi) is 4.49. The van der Waals surface area contributed by atoms with Gasteiger partial charge in [-0.2, -0.15) is 0 Å². The molecule has 0 saturated heterocycles. The maximum Gasteiger partial charge on any atom is 0.204 e. The largest absolute Gasteiger partial charge is 0.508 e. The van der Waals surface area contributed by atoms with Crippen molar-refractivity contribution >= 4 is 11.0 Å². The first-order valence-corrected chi connectivity index (χ1v) is 8.32. The zero-order chi connectivity index (χ0) is 19.9. The topological polar surface area (TPSA) is 131 Å². The standard InChI is InChI=1S/C20H20O7/c1-20(2,26)4-3-10-5-12(15(23)8-14(10)22)13-9-27-17-7-11(21)6-16(24)18(17)19(13)25/h5-9,21-24,26H,3-4H2,1-2H3. The highest BCUT2D eigenvalue weighted by molar-refractivity contribution is 5.88. The molecule has 0 radical (unpaired) electrons. The molecule has 0 amide bonds. The molecule has 142 valence electrons. The number of aryl methyl sites for hydroxylation is 1. The molecule has 0 aliphatic heterocycles. The summed E-state index contributed by atoms with van der Waals surface area (Å²) < 4.78 is 5.35. The number of fused-ring (bicyclic) bond motifs is 1. The van der Waals surface area contributed by atoms with Gasteiger partial charge in [0.2, 0.25) is 5.43 Å². The Morgan fingerprint density at radius 1 is 0.926 bits per heavy atom. The third kappa shape index (κ3) is 3.68. The first kappa shape index (κ1) is 18.6. The van der Waals surface area contributed by atoms with Gasteiger partial charge >= 0.3 is 0 Å². The number of aliphatic hydroxyl groups is 1. The number of phenolic OH excluding ortho intramolecular Hbond substituents is 4. The van der Waals surface area contributed by atoms with Gasteiger partial charge in [0.15, 0.2) is 0 Å². The molecule has 1 aromatic heterocycles. The zero-order valence-electron chi connectivity index (χ0n) is 14.9. The molecule has 0 fully saturated rings. The van der Waals surface area contributed by atoms with Crippen molar-refractivity contribution in [1.29, 1.82) is 0 Å². The highest BCUT2D eigenvalue weighted by Gasteiger charge is 2.19. The Morgan fingerprint density at radius 2 is 1.63 bits per heavy atom. The van der Waals surface area contributed by atoms with E-state index in [1.807, 2.05) is 0 Å². The fourth-order valence-corrected chi connectivity index (χ4v) is 2.88. The molecule has 0 unspecified atom stereocenters. The van der Waals surface area contributed by atoms with Gasteiger partial charge in [0.25, 0.3) is 0 Å². The molecule has 0 bridgehead atoms. The Hall–Kier alpha value is -3.19. The van der Waals surface area contributed by atoms with Gasteiger partial charge in [0.1, 0.15) is 40.2 Å². The lowest BCUT2D eigenvalue weighted by Gasteiger charge is -2.17. The van der Waals surface area contributed by atoms with Crippen molar-refractivity contribution in [2.75, 3.05) is 0 Å². The number of rotatable bonds is 4. The third-order valence-electron chi connectivity index (χ3n) is 4.33. The van der Waals surface area contributed by atoms with Gasteiger partial charge in [-0.25, -0.2) is 0 Å². The van der Waals surface area contributed by atoms with Crippen LogP contribution in [0.3, 0.4) is 0 Å². The Balaban J connectivity index is 2.16. The van der Waals surface area contributed by atoms with E-state index < -0.39 is 16.8 Å². The molecule has 0 atom stereocenters. The minimum Gasteiger partial charge on any atom is -0.508 e. The summed E-state index contributed by atoms with van der Waals surface area (Å²) in [5.41, 5.74) is -0.975. The Bertz CT molecular complexity index is 1070. The highest BCUT2D eigenvalue weighted by atomic mass is 16.3. The van der Waals surface area contributed by atoms with Gasteiger partial charge in [0.05, 0.1) is 11.2 Å². The number of aromatic hydroxyl groups is 4. The normalized spacial score (nSPS) is 11.8. The molecule has 1 heterocycles. The quantitative estimate of drug-likeness (QED) is 0.476. The van der Waals surface area contributed by atoms with Gasteiger partial charge in [-0.05, 0) is 38.3 Å². The second kappa shape index (κ2) is 6.51. The van der Waals surface area contributed by atoms with Gasteiger partial charge in [-0.3, -0.25) is 4.79 Å². The van der Waals surface area contributed by atoms with E-state index in [2.05, 4.69) is 0 Å². The third-order valence-corrected chi connectivity index (χ3v) is 4.33. The van der Waals surface area contributed by atoms with Crippen molar-refractivity contribution in [1.82, 2.24) is 0 Å². The first-order valence-electron chi connectivity index (χ1n) is 8.32. The lowest BCUT2D eigenvalue weighted by Crippen LogP contribution is -2.19. The molecule has 27 heavy (non-hydrogen) atoms. The van der Waals surface area contributed by atoms with Crippen LogP contribution in [0.2, 0.25) is 0 Å². The number of phenols is 4. The van der Waals surface area contributed by atoms with Crippen molar-refractivity contribution in [3.8, 4) is 34.1 Å². The summed E-state index contributed by atoms with van der Waals surface area (Å²) in [5, 5.41) is 49.5. The van der Waals surface area contributed by atoms with Crippen molar-refractivity contribution in [2.24, 2.45) is 0 Å². The summed E-state index contributed by atoms with van der Waals surface area (Å²) in [5.74, 6) is -1.18. The Morgan fingerprint density at radius 3 is 2.30 bits per heavy atom. The SMILES string of the molecule is CC(C)(O)CCc1cc(-c2coc3cc(O)cc(O)c3c2=O)c(O)cc1O. The first-order chi connectivity index (χ1) is 12.6. The zero-order valence-corrected chi connectivity index (χ0v) is 14.9. The van der Waals surface area contributed by atoms with Crippen LogP contribution in [0.5, 0.6) is 23.0 Å². The van der Waals surface area contributed by atoms with E-state index in [0.29, 0.717) is 18.4 Å². The van der Waals surface area contributed by atoms with Crippen molar-refractivity contribution in [3.05, 3.63) is 46.3 Å². The number of hydrogen-bond acceptors (Lipinski definition) is 7. The molecule has 3 aromatic rings. The van der Waals surface area contributed by atoms with E-state index in [9.17, 15) is 30.3 Å². The van der Waals surface area contributed by atoms with Crippen LogP contribution >= 0.6 is 0 Å². The van der Waals surface area contributed by atoms with Gasteiger partial charge in [-0.1, -0.05) is 0 Å². The van der Waals surface area contributed by atoms with Crippen LogP contribution in [0.4, 0.5) is 0 Å². The van der Waals surface area contributed by atoms with E-state index in [4.69, 9.17) is 4.42 Å². The average Bonchev–Trinajstić information content (AvgIpc) is 2.53. The molecule has 0 spiro atoms. The smallest absolute Gasteiger partial charge is 0.204 e. The summed E-state index contributed by atoms with van der Waals surface area (Å²) in [7, 11) is 0. The predicted molar refractivity (Wildman–Crippen MR) is 99.2 cm³/mol. The molecule has 0 aliphatic carbocycles. The molecule has 7 heteroatoms. The second-order valence-corrected chi connectivity index (χ2v) is 7.13. The van der Waals surface area contributed by atoms with Crippen molar-refractivity contribution in [3.63, 3.8) is 0 Å². The summed E-state index contributed by atoms with van der Waals surface area (Å²) in [6.07, 6.45) is 1.80. The number of benzene rings is 2. The molecule has 0 aliphatic rings. The monoisotopic (exact) mass is 372 g/mol. The predicted octanol–water partition coefficient (Wildman–Crippen LogP) is 2.99. The van der Waals surface area contributed by atoms with E-state index >= 15 is 0 Å². The molecular weight excluding hydrogens is 352 g/mol. The summed E-state index contributed by atoms with van der Waals surface area (Å²) in [4.78, 5) is 12.8. The summed E-state index contributed by atoms with van der Waals surface area (Å²) >= 11 is 0. The maximum atomic E-state index is 12.8. The van der Waals surface area contributed by atoms with E-state index in [0.717, 1.165) is 18.4 Å². The van der Waals surface area contributed by atoms with Gasteiger partial charge < -0.3 is 29.9 Å². The molecule has 2 aromatic carbocycles. The molecule has 5 N–H and O–H groups in total. The lowest BCUT2D eigenvalue weighted by atomic mass is 9.95. The van der Waals surface area contributed by atoms with Gasteiger partial charge in [0, 0.05) is 23.8 Å². The van der Waals surface area contributed by atoms with Crippen LogP contribution in [0, 0.1) is 0 Å². The van der Waals surface area contributed by atoms with Crippen LogP contribution < -0.4 is 5.43 Å². The molecule has 3 rings (SSSR count). The van der Waals surface area contributed by atoms with Crippen molar-refractivity contribution < 1.29 is 29.9 Å².